The molecule has 2 atom stereocenters. The summed E-state index contributed by atoms with van der Waals surface area (Å²) >= 11 is 0. The van der Waals surface area contributed by atoms with Crippen molar-refractivity contribution in [1.82, 2.24) is 0 Å². The molecule has 0 nitrogen and oxygen atoms in total. The van der Waals surface area contributed by atoms with Crippen LogP contribution in [0.25, 0.3) is 0 Å². The van der Waals surface area contributed by atoms with E-state index < -0.39 is 0 Å². The lowest BCUT2D eigenvalue weighted by Gasteiger charge is -1.98. The van der Waals surface area contributed by atoms with E-state index in [1.54, 1.807) is 5.57 Å². The van der Waals surface area contributed by atoms with Gasteiger partial charge in [-0.1, -0.05) is 18.6 Å². The van der Waals surface area contributed by atoms with Gasteiger partial charge >= 0.3 is 0 Å². The van der Waals surface area contributed by atoms with Crippen LogP contribution < -0.4 is 0 Å². The molecule has 0 bridgehead atoms. The Morgan fingerprint density at radius 2 is 2.44 bits per heavy atom. The van der Waals surface area contributed by atoms with Crippen LogP contribution in [0, 0.1) is 0 Å². The third-order valence-electron chi connectivity index (χ3n) is 1.86. The van der Waals surface area contributed by atoms with Crippen molar-refractivity contribution in [2.24, 2.45) is 0 Å². The van der Waals surface area contributed by atoms with Gasteiger partial charge in [0.05, 0.1) is 0 Å². The minimum Gasteiger partial charge on any atom is -0.118 e. The van der Waals surface area contributed by atoms with Crippen molar-refractivity contribution in [2.45, 2.75) is 32.3 Å². The van der Waals surface area contributed by atoms with Gasteiger partial charge in [0.25, 0.3) is 0 Å². The fraction of sp³-hybridized carbons (Fsp3) is 0.750. The van der Waals surface area contributed by atoms with E-state index in [0.717, 1.165) is 5.66 Å². The summed E-state index contributed by atoms with van der Waals surface area (Å²) in [6.07, 6.45) is 6.45. The molecule has 1 heteroatoms. The summed E-state index contributed by atoms with van der Waals surface area (Å²) in [5.41, 5.74) is 2.75. The second kappa shape index (κ2) is 3.37. The summed E-state index contributed by atoms with van der Waals surface area (Å²) in [5, 5.41) is 0. The number of hydrogen-bond acceptors (Lipinski definition) is 0. The van der Waals surface area contributed by atoms with Crippen LogP contribution in [-0.4, -0.2) is 11.8 Å². The molecule has 1 fully saturated rings. The smallest absolute Gasteiger partial charge is 0.0162 e. The molecular formula is C8H15P. The third kappa shape index (κ3) is 2.49. The van der Waals surface area contributed by atoms with Crippen molar-refractivity contribution >= 4 is 8.58 Å². The molecule has 1 heterocycles. The topological polar surface area (TPSA) is 0 Å². The molecule has 0 aromatic rings. The number of rotatable bonds is 3. The van der Waals surface area contributed by atoms with Crippen molar-refractivity contribution in [3.8, 4) is 0 Å². The van der Waals surface area contributed by atoms with E-state index in [2.05, 4.69) is 19.9 Å². The van der Waals surface area contributed by atoms with Crippen molar-refractivity contribution in [3.63, 3.8) is 0 Å². The van der Waals surface area contributed by atoms with Crippen LogP contribution in [0.3, 0.4) is 0 Å². The van der Waals surface area contributed by atoms with Gasteiger partial charge in [0.1, 0.15) is 0 Å². The average molecular weight is 142 g/mol. The fourth-order valence-electron chi connectivity index (χ4n) is 1.01. The maximum Gasteiger partial charge on any atom is -0.0162 e. The Kier molecular flexibility index (Phi) is 2.72. The van der Waals surface area contributed by atoms with Crippen LogP contribution >= 0.6 is 8.58 Å². The summed E-state index contributed by atoms with van der Waals surface area (Å²) in [4.78, 5) is 0. The molecule has 0 N–H and O–H groups in total. The Bertz CT molecular complexity index is 112. The molecule has 1 rings (SSSR count). The largest absolute Gasteiger partial charge is 0.118 e. The van der Waals surface area contributed by atoms with E-state index in [1.165, 1.54) is 27.6 Å². The summed E-state index contributed by atoms with van der Waals surface area (Å²) in [6, 6.07) is 0. The van der Waals surface area contributed by atoms with Crippen LogP contribution in [0.1, 0.15) is 26.7 Å². The molecule has 1 saturated heterocycles. The molecule has 0 aliphatic carbocycles. The second-order valence-corrected chi connectivity index (χ2v) is 4.24. The van der Waals surface area contributed by atoms with E-state index in [0.29, 0.717) is 0 Å². The maximum atomic E-state index is 2.28. The molecule has 0 spiro atoms. The summed E-state index contributed by atoms with van der Waals surface area (Å²) in [6.45, 7) is 4.41. The van der Waals surface area contributed by atoms with Gasteiger partial charge in [0, 0.05) is 0 Å². The van der Waals surface area contributed by atoms with E-state index in [-0.39, 0.29) is 0 Å². The Morgan fingerprint density at radius 1 is 1.78 bits per heavy atom. The van der Waals surface area contributed by atoms with Gasteiger partial charge in [-0.3, -0.25) is 0 Å². The lowest BCUT2D eigenvalue weighted by Crippen LogP contribution is -1.86. The molecule has 0 aromatic carbocycles. The zero-order chi connectivity index (χ0) is 6.69. The van der Waals surface area contributed by atoms with E-state index in [4.69, 9.17) is 0 Å². The van der Waals surface area contributed by atoms with Gasteiger partial charge < -0.3 is 0 Å². The van der Waals surface area contributed by atoms with Gasteiger partial charge in [-0.05, 0) is 31.6 Å². The molecule has 0 amide bonds. The molecule has 1 aliphatic heterocycles. The molecule has 9 heavy (non-hydrogen) atoms. The molecule has 1 aliphatic rings. The summed E-state index contributed by atoms with van der Waals surface area (Å²) in [5.74, 6) is 0. The number of allylic oxidation sites excluding steroid dienone is 2. The van der Waals surface area contributed by atoms with Crippen molar-refractivity contribution in [1.29, 1.82) is 0 Å². The monoisotopic (exact) mass is 142 g/mol. The van der Waals surface area contributed by atoms with Crippen molar-refractivity contribution in [3.05, 3.63) is 11.6 Å². The first kappa shape index (κ1) is 7.28. The van der Waals surface area contributed by atoms with Gasteiger partial charge in [-0.25, -0.2) is 0 Å². The molecule has 0 radical (unpaired) electrons. The highest BCUT2D eigenvalue weighted by molar-refractivity contribution is 7.47. The summed E-state index contributed by atoms with van der Waals surface area (Å²) in [7, 11) is 1.28. The van der Waals surface area contributed by atoms with Gasteiger partial charge in [-0.15, -0.1) is 8.58 Å². The van der Waals surface area contributed by atoms with Gasteiger partial charge in [-0.2, -0.15) is 0 Å². The SMILES string of the molecule is CC=C(CC)CC1CP1. The highest BCUT2D eigenvalue weighted by Gasteiger charge is 2.21. The van der Waals surface area contributed by atoms with Crippen LogP contribution in [0.2, 0.25) is 0 Å². The van der Waals surface area contributed by atoms with Crippen LogP contribution in [-0.2, 0) is 0 Å². The highest BCUT2D eigenvalue weighted by Crippen LogP contribution is 2.42. The van der Waals surface area contributed by atoms with Crippen LogP contribution in [0.4, 0.5) is 0 Å². The Balaban J connectivity index is 2.21. The lowest BCUT2D eigenvalue weighted by atomic mass is 10.1. The lowest BCUT2D eigenvalue weighted by molar-refractivity contribution is 0.918. The predicted octanol–water partition coefficient (Wildman–Crippen LogP) is 2.79. The van der Waals surface area contributed by atoms with E-state index >= 15 is 0 Å². The Morgan fingerprint density at radius 3 is 2.78 bits per heavy atom. The molecular weight excluding hydrogens is 127 g/mol. The average Bonchev–Trinajstić information content (AvgIpc) is 2.66. The third-order valence-corrected chi connectivity index (χ3v) is 3.05. The van der Waals surface area contributed by atoms with Crippen LogP contribution in [0.5, 0.6) is 0 Å². The Hall–Kier alpha value is 0.170. The highest BCUT2D eigenvalue weighted by atomic mass is 31.1. The summed E-state index contributed by atoms with van der Waals surface area (Å²) < 4.78 is 0. The first-order valence-electron chi connectivity index (χ1n) is 3.74. The first-order valence-corrected chi connectivity index (χ1v) is 5.02. The first-order chi connectivity index (χ1) is 4.36. The normalized spacial score (nSPS) is 29.1. The Labute approximate surface area is 59.5 Å². The minimum absolute atomic E-state index is 1.09. The zero-order valence-electron chi connectivity index (χ0n) is 6.28. The molecule has 52 valence electrons. The van der Waals surface area contributed by atoms with Crippen molar-refractivity contribution in [2.75, 3.05) is 6.16 Å². The second-order valence-electron chi connectivity index (χ2n) is 2.61. The predicted molar refractivity (Wildman–Crippen MR) is 45.6 cm³/mol. The molecule has 0 saturated carbocycles. The molecule has 2 unspecified atom stereocenters. The van der Waals surface area contributed by atoms with Crippen molar-refractivity contribution < 1.29 is 0 Å². The van der Waals surface area contributed by atoms with Gasteiger partial charge in [0.2, 0.25) is 0 Å². The van der Waals surface area contributed by atoms with E-state index in [1.807, 2.05) is 0 Å². The van der Waals surface area contributed by atoms with Crippen LogP contribution in [0.15, 0.2) is 11.6 Å². The van der Waals surface area contributed by atoms with Gasteiger partial charge in [0.15, 0.2) is 0 Å². The zero-order valence-corrected chi connectivity index (χ0v) is 7.28. The quantitative estimate of drug-likeness (QED) is 0.420. The number of hydrogen-bond donors (Lipinski definition) is 0. The minimum atomic E-state index is 1.09. The maximum absolute atomic E-state index is 2.28. The van der Waals surface area contributed by atoms with E-state index in [9.17, 15) is 0 Å². The molecule has 0 aromatic heterocycles. The standard InChI is InChI=1S/C8H15P/c1-3-7(4-2)5-8-6-9-8/h3,8-9H,4-6H2,1-2H3. The fourth-order valence-corrected chi connectivity index (χ4v) is 1.73.